The molecule has 34 heavy (non-hydrogen) atoms. The summed E-state index contributed by atoms with van der Waals surface area (Å²) >= 11 is 0. The molecule has 0 aromatic heterocycles. The lowest BCUT2D eigenvalue weighted by Gasteiger charge is -2.26. The number of carbonyl (C=O) groups excluding carboxylic acids is 2. The molecular formula is C23H28N2O8S. The summed E-state index contributed by atoms with van der Waals surface area (Å²) in [5, 5.41) is 2.57. The second-order valence-corrected chi connectivity index (χ2v) is 9.64. The van der Waals surface area contributed by atoms with Crippen molar-refractivity contribution in [3.8, 4) is 11.5 Å². The Balaban J connectivity index is 1.55. The summed E-state index contributed by atoms with van der Waals surface area (Å²) in [6, 6.07) is 10.4. The van der Waals surface area contributed by atoms with Crippen molar-refractivity contribution >= 4 is 27.6 Å². The molecule has 0 radical (unpaired) electrons. The van der Waals surface area contributed by atoms with Crippen LogP contribution in [0.3, 0.4) is 0 Å². The molecule has 1 fully saturated rings. The Hall–Kier alpha value is -3.15. The van der Waals surface area contributed by atoms with Gasteiger partial charge in [-0.05, 0) is 56.3 Å². The second kappa shape index (κ2) is 11.3. The van der Waals surface area contributed by atoms with E-state index in [0.29, 0.717) is 43.5 Å². The minimum absolute atomic E-state index is 0.0658. The number of ether oxygens (including phenoxy) is 4. The topological polar surface area (TPSA) is 120 Å². The largest absolute Gasteiger partial charge is 0.493 e. The Morgan fingerprint density at radius 1 is 1.06 bits per heavy atom. The standard InChI is InChI=1S/C23H28N2O8S/c1-16(2)33-20-9-4-17(14-21(20)30-3)23(27)32-15-22(26)24-18-5-7-19(8-6-18)34(28,29)25-10-12-31-13-11-25/h4-9,14,16H,10-13,15H2,1-3H3,(H,24,26). The van der Waals surface area contributed by atoms with Gasteiger partial charge in [0.05, 0.1) is 36.9 Å². The number of rotatable bonds is 9. The first-order chi connectivity index (χ1) is 16.2. The third kappa shape index (κ3) is 6.46. The molecular weight excluding hydrogens is 464 g/mol. The molecule has 2 aromatic carbocycles. The fourth-order valence-corrected chi connectivity index (χ4v) is 4.61. The highest BCUT2D eigenvalue weighted by molar-refractivity contribution is 7.89. The number of methoxy groups -OCH3 is 1. The number of nitrogens with zero attached hydrogens (tertiary/aromatic N) is 1. The van der Waals surface area contributed by atoms with Crippen molar-refractivity contribution < 1.29 is 37.0 Å². The van der Waals surface area contributed by atoms with Gasteiger partial charge in [0, 0.05) is 18.8 Å². The summed E-state index contributed by atoms with van der Waals surface area (Å²) < 4.78 is 47.8. The van der Waals surface area contributed by atoms with Gasteiger partial charge in [-0.25, -0.2) is 13.2 Å². The van der Waals surface area contributed by atoms with E-state index in [4.69, 9.17) is 18.9 Å². The van der Waals surface area contributed by atoms with E-state index in [1.165, 1.54) is 47.8 Å². The number of hydrogen-bond donors (Lipinski definition) is 1. The zero-order chi connectivity index (χ0) is 24.7. The Kier molecular flexibility index (Phi) is 8.48. The number of benzene rings is 2. The SMILES string of the molecule is COc1cc(C(=O)OCC(=O)Nc2ccc(S(=O)(=O)N3CCOCC3)cc2)ccc1OC(C)C. The number of morpholine rings is 1. The van der Waals surface area contributed by atoms with E-state index >= 15 is 0 Å². The molecule has 0 saturated carbocycles. The van der Waals surface area contributed by atoms with Crippen molar-refractivity contribution in [1.82, 2.24) is 4.31 Å². The third-order valence-corrected chi connectivity index (χ3v) is 6.76. The van der Waals surface area contributed by atoms with Gasteiger partial charge in [0.2, 0.25) is 10.0 Å². The summed E-state index contributed by atoms with van der Waals surface area (Å²) in [5.74, 6) is -0.397. The summed E-state index contributed by atoms with van der Waals surface area (Å²) in [6.07, 6.45) is -0.0658. The van der Waals surface area contributed by atoms with Crippen LogP contribution < -0.4 is 14.8 Å². The highest BCUT2D eigenvalue weighted by atomic mass is 32.2. The van der Waals surface area contributed by atoms with Gasteiger partial charge in [-0.2, -0.15) is 4.31 Å². The molecule has 0 atom stereocenters. The maximum Gasteiger partial charge on any atom is 0.338 e. The maximum absolute atomic E-state index is 12.7. The second-order valence-electron chi connectivity index (χ2n) is 7.70. The molecule has 0 unspecified atom stereocenters. The summed E-state index contributed by atoms with van der Waals surface area (Å²) in [5.41, 5.74) is 0.581. The highest BCUT2D eigenvalue weighted by Crippen LogP contribution is 2.29. The lowest BCUT2D eigenvalue weighted by atomic mass is 10.2. The van der Waals surface area contributed by atoms with Crippen LogP contribution in [0.4, 0.5) is 5.69 Å². The van der Waals surface area contributed by atoms with Gasteiger partial charge in [-0.1, -0.05) is 0 Å². The normalized spacial score (nSPS) is 14.5. The molecule has 1 saturated heterocycles. The van der Waals surface area contributed by atoms with Crippen LogP contribution in [-0.4, -0.2) is 70.7 Å². The number of hydrogen-bond acceptors (Lipinski definition) is 8. The van der Waals surface area contributed by atoms with Crippen LogP contribution in [0.5, 0.6) is 11.5 Å². The molecule has 1 heterocycles. The first-order valence-electron chi connectivity index (χ1n) is 10.7. The van der Waals surface area contributed by atoms with E-state index in [1.54, 1.807) is 6.07 Å². The first kappa shape index (κ1) is 25.5. The molecule has 0 bridgehead atoms. The van der Waals surface area contributed by atoms with Gasteiger partial charge in [-0.15, -0.1) is 0 Å². The van der Waals surface area contributed by atoms with Gasteiger partial charge in [0.25, 0.3) is 5.91 Å². The zero-order valence-electron chi connectivity index (χ0n) is 19.3. The Labute approximate surface area is 198 Å². The first-order valence-corrected chi connectivity index (χ1v) is 12.1. The maximum atomic E-state index is 12.7. The molecule has 1 amide bonds. The van der Waals surface area contributed by atoms with Crippen LogP contribution in [0, 0.1) is 0 Å². The van der Waals surface area contributed by atoms with Crippen molar-refractivity contribution in [3.63, 3.8) is 0 Å². The van der Waals surface area contributed by atoms with Crippen molar-refractivity contribution in [2.24, 2.45) is 0 Å². The van der Waals surface area contributed by atoms with Crippen molar-refractivity contribution in [2.45, 2.75) is 24.8 Å². The predicted octanol–water partition coefficient (Wildman–Crippen LogP) is 2.30. The van der Waals surface area contributed by atoms with Crippen LogP contribution >= 0.6 is 0 Å². The Bertz CT molecular complexity index is 1110. The molecule has 1 aliphatic heterocycles. The van der Waals surface area contributed by atoms with Gasteiger partial charge < -0.3 is 24.3 Å². The highest BCUT2D eigenvalue weighted by Gasteiger charge is 2.26. The number of esters is 1. The van der Waals surface area contributed by atoms with Crippen LogP contribution in [-0.2, 0) is 24.3 Å². The van der Waals surface area contributed by atoms with Gasteiger partial charge in [0.15, 0.2) is 18.1 Å². The van der Waals surface area contributed by atoms with Crippen molar-refractivity contribution in [2.75, 3.05) is 45.3 Å². The minimum atomic E-state index is -3.62. The Morgan fingerprint density at radius 3 is 2.35 bits per heavy atom. The van der Waals surface area contributed by atoms with E-state index in [2.05, 4.69) is 5.32 Å². The van der Waals surface area contributed by atoms with E-state index in [1.807, 2.05) is 13.8 Å². The molecule has 11 heteroatoms. The van der Waals surface area contributed by atoms with Crippen LogP contribution in [0.25, 0.3) is 0 Å². The molecule has 10 nitrogen and oxygen atoms in total. The van der Waals surface area contributed by atoms with Gasteiger partial charge in [0.1, 0.15) is 0 Å². The molecule has 3 rings (SSSR count). The van der Waals surface area contributed by atoms with E-state index in [-0.39, 0.29) is 16.6 Å². The number of amides is 1. The van der Waals surface area contributed by atoms with Crippen LogP contribution in [0.1, 0.15) is 24.2 Å². The van der Waals surface area contributed by atoms with E-state index < -0.39 is 28.5 Å². The molecule has 0 spiro atoms. The summed E-state index contributed by atoms with van der Waals surface area (Å²) in [6.45, 7) is 4.54. The lowest BCUT2D eigenvalue weighted by molar-refractivity contribution is -0.119. The number of anilines is 1. The van der Waals surface area contributed by atoms with E-state index in [9.17, 15) is 18.0 Å². The number of nitrogens with one attached hydrogen (secondary N) is 1. The van der Waals surface area contributed by atoms with E-state index in [0.717, 1.165) is 0 Å². The van der Waals surface area contributed by atoms with Crippen molar-refractivity contribution in [1.29, 1.82) is 0 Å². The smallest absolute Gasteiger partial charge is 0.338 e. The van der Waals surface area contributed by atoms with Gasteiger partial charge in [-0.3, -0.25) is 4.79 Å². The third-order valence-electron chi connectivity index (χ3n) is 4.84. The average molecular weight is 493 g/mol. The van der Waals surface area contributed by atoms with Crippen LogP contribution in [0.15, 0.2) is 47.4 Å². The minimum Gasteiger partial charge on any atom is -0.493 e. The molecule has 1 N–H and O–H groups in total. The summed E-state index contributed by atoms with van der Waals surface area (Å²) in [4.78, 5) is 24.7. The molecule has 1 aliphatic rings. The molecule has 2 aromatic rings. The molecule has 184 valence electrons. The predicted molar refractivity (Wildman–Crippen MR) is 124 cm³/mol. The quantitative estimate of drug-likeness (QED) is 0.530. The zero-order valence-corrected chi connectivity index (χ0v) is 20.1. The average Bonchev–Trinajstić information content (AvgIpc) is 2.83. The van der Waals surface area contributed by atoms with Crippen molar-refractivity contribution in [3.05, 3.63) is 48.0 Å². The molecule has 0 aliphatic carbocycles. The van der Waals surface area contributed by atoms with Gasteiger partial charge >= 0.3 is 5.97 Å². The van der Waals surface area contributed by atoms with Crippen LogP contribution in [0.2, 0.25) is 0 Å². The monoisotopic (exact) mass is 492 g/mol. The number of sulfonamides is 1. The fraction of sp³-hybridized carbons (Fsp3) is 0.391. The fourth-order valence-electron chi connectivity index (χ4n) is 3.20. The number of carbonyl (C=O) groups is 2. The lowest BCUT2D eigenvalue weighted by Crippen LogP contribution is -2.40. The summed E-state index contributed by atoms with van der Waals surface area (Å²) in [7, 11) is -2.16. The Morgan fingerprint density at radius 2 is 1.74 bits per heavy atom.